The Balaban J connectivity index is 1.87. The molecule has 1 aliphatic rings. The van der Waals surface area contributed by atoms with E-state index >= 15 is 0 Å². The summed E-state index contributed by atoms with van der Waals surface area (Å²) in [6.45, 7) is 1.75. The standard InChI is InChI=1S/C19H19F3N2O2/c1-11-12-6-2-3-7-13(12)15(18(26)24-11)10-23-17(25)14-8-4-5-9-16(14)19(20,21)22/h4-5,8-9H,2-3,6-7,10H2,1H3,(H,23,25)(H,24,26). The summed E-state index contributed by atoms with van der Waals surface area (Å²) >= 11 is 0. The summed E-state index contributed by atoms with van der Waals surface area (Å²) in [4.78, 5) is 27.4. The first-order valence-electron chi connectivity index (χ1n) is 8.47. The number of carbonyl (C=O) groups excluding carboxylic acids is 1. The van der Waals surface area contributed by atoms with Crippen LogP contribution < -0.4 is 10.9 Å². The predicted molar refractivity (Wildman–Crippen MR) is 91.1 cm³/mol. The van der Waals surface area contributed by atoms with Gasteiger partial charge in [0.05, 0.1) is 11.1 Å². The van der Waals surface area contributed by atoms with Gasteiger partial charge in [-0.3, -0.25) is 9.59 Å². The maximum atomic E-state index is 13.1. The van der Waals surface area contributed by atoms with Gasteiger partial charge in [0.1, 0.15) is 0 Å². The molecule has 0 radical (unpaired) electrons. The first-order valence-corrected chi connectivity index (χ1v) is 8.47. The molecule has 4 nitrogen and oxygen atoms in total. The van der Waals surface area contributed by atoms with E-state index in [1.165, 1.54) is 12.1 Å². The Bertz CT molecular complexity index is 901. The fourth-order valence-electron chi connectivity index (χ4n) is 3.49. The van der Waals surface area contributed by atoms with Gasteiger partial charge in [-0.15, -0.1) is 0 Å². The smallest absolute Gasteiger partial charge is 0.348 e. The van der Waals surface area contributed by atoms with Crippen molar-refractivity contribution in [3.63, 3.8) is 0 Å². The number of pyridine rings is 1. The fourth-order valence-corrected chi connectivity index (χ4v) is 3.49. The highest BCUT2D eigenvalue weighted by molar-refractivity contribution is 5.95. The van der Waals surface area contributed by atoms with Crippen molar-refractivity contribution >= 4 is 5.91 Å². The van der Waals surface area contributed by atoms with E-state index in [0.717, 1.165) is 54.6 Å². The van der Waals surface area contributed by atoms with Gasteiger partial charge in [-0.1, -0.05) is 12.1 Å². The van der Waals surface area contributed by atoms with Gasteiger partial charge in [0.2, 0.25) is 0 Å². The maximum Gasteiger partial charge on any atom is 0.417 e. The van der Waals surface area contributed by atoms with E-state index in [1.54, 1.807) is 0 Å². The number of nitrogens with one attached hydrogen (secondary N) is 2. The molecule has 2 N–H and O–H groups in total. The van der Waals surface area contributed by atoms with Gasteiger partial charge in [-0.25, -0.2) is 0 Å². The van der Waals surface area contributed by atoms with Crippen molar-refractivity contribution < 1.29 is 18.0 Å². The number of aromatic nitrogens is 1. The molecule has 3 rings (SSSR count). The highest BCUT2D eigenvalue weighted by Gasteiger charge is 2.34. The Labute approximate surface area is 148 Å². The average molecular weight is 364 g/mol. The Kier molecular flexibility index (Phi) is 4.89. The Morgan fingerprint density at radius 1 is 1.15 bits per heavy atom. The van der Waals surface area contributed by atoms with E-state index in [1.807, 2.05) is 6.92 Å². The second-order valence-corrected chi connectivity index (χ2v) is 6.45. The molecule has 138 valence electrons. The molecule has 7 heteroatoms. The van der Waals surface area contributed by atoms with Crippen molar-refractivity contribution in [3.05, 3.63) is 68.1 Å². The van der Waals surface area contributed by atoms with Gasteiger partial charge in [-0.05, 0) is 55.9 Å². The summed E-state index contributed by atoms with van der Waals surface area (Å²) in [6.07, 6.45) is -1.03. The molecule has 0 aliphatic heterocycles. The van der Waals surface area contributed by atoms with Gasteiger partial charge < -0.3 is 10.3 Å². The molecule has 0 saturated heterocycles. The van der Waals surface area contributed by atoms with Crippen molar-refractivity contribution in [1.29, 1.82) is 0 Å². The summed E-state index contributed by atoms with van der Waals surface area (Å²) in [5.74, 6) is -0.845. The average Bonchev–Trinajstić information content (AvgIpc) is 2.60. The molecule has 0 spiro atoms. The second kappa shape index (κ2) is 6.97. The lowest BCUT2D eigenvalue weighted by Crippen LogP contribution is -2.31. The molecular weight excluding hydrogens is 345 g/mol. The molecule has 26 heavy (non-hydrogen) atoms. The third-order valence-electron chi connectivity index (χ3n) is 4.76. The highest BCUT2D eigenvalue weighted by Crippen LogP contribution is 2.32. The van der Waals surface area contributed by atoms with Gasteiger partial charge in [0.25, 0.3) is 11.5 Å². The third kappa shape index (κ3) is 3.52. The van der Waals surface area contributed by atoms with Crippen molar-refractivity contribution in [2.75, 3.05) is 0 Å². The number of aryl methyl sites for hydroxylation is 1. The van der Waals surface area contributed by atoms with Crippen LogP contribution in [0.3, 0.4) is 0 Å². The lowest BCUT2D eigenvalue weighted by atomic mass is 9.88. The molecular formula is C19H19F3N2O2. The molecule has 1 aromatic heterocycles. The van der Waals surface area contributed by atoms with Crippen molar-refractivity contribution in [2.45, 2.75) is 45.3 Å². The zero-order valence-corrected chi connectivity index (χ0v) is 14.3. The van der Waals surface area contributed by atoms with Crippen molar-refractivity contribution in [1.82, 2.24) is 10.3 Å². The third-order valence-corrected chi connectivity index (χ3v) is 4.76. The van der Waals surface area contributed by atoms with E-state index in [9.17, 15) is 22.8 Å². The predicted octanol–water partition coefficient (Wildman–Crippen LogP) is 3.51. The van der Waals surface area contributed by atoms with Crippen LogP contribution in [0, 0.1) is 6.92 Å². The molecule has 1 aliphatic carbocycles. The van der Waals surface area contributed by atoms with Crippen LogP contribution in [0.4, 0.5) is 13.2 Å². The topological polar surface area (TPSA) is 62.0 Å². The lowest BCUT2D eigenvalue weighted by Gasteiger charge is -2.21. The summed E-state index contributed by atoms with van der Waals surface area (Å²) in [7, 11) is 0. The number of benzene rings is 1. The summed E-state index contributed by atoms with van der Waals surface area (Å²) in [5, 5.41) is 2.48. The second-order valence-electron chi connectivity index (χ2n) is 6.45. The first kappa shape index (κ1) is 18.2. The van der Waals surface area contributed by atoms with E-state index in [-0.39, 0.29) is 12.1 Å². The van der Waals surface area contributed by atoms with Crippen molar-refractivity contribution in [2.24, 2.45) is 0 Å². The van der Waals surface area contributed by atoms with Crippen LogP contribution in [0.1, 0.15) is 51.1 Å². The van der Waals surface area contributed by atoms with E-state index < -0.39 is 23.2 Å². The number of H-pyrrole nitrogens is 1. The van der Waals surface area contributed by atoms with E-state index in [2.05, 4.69) is 10.3 Å². The number of fused-ring (bicyclic) bond motifs is 1. The normalized spacial score (nSPS) is 14.0. The van der Waals surface area contributed by atoms with Crippen molar-refractivity contribution in [3.8, 4) is 0 Å². The molecule has 0 bridgehead atoms. The molecule has 2 aromatic rings. The number of rotatable bonds is 3. The Morgan fingerprint density at radius 2 is 1.81 bits per heavy atom. The van der Waals surface area contributed by atoms with Crippen LogP contribution in [0.25, 0.3) is 0 Å². The first-order chi connectivity index (χ1) is 12.3. The molecule has 1 amide bonds. The summed E-state index contributed by atoms with van der Waals surface area (Å²) < 4.78 is 39.2. The number of carbonyl (C=O) groups is 1. The summed E-state index contributed by atoms with van der Waals surface area (Å²) in [6, 6.07) is 4.62. The molecule has 1 heterocycles. The minimum Gasteiger partial charge on any atom is -0.348 e. The number of aromatic amines is 1. The van der Waals surface area contributed by atoms with Gasteiger partial charge >= 0.3 is 6.18 Å². The number of hydrogen-bond acceptors (Lipinski definition) is 2. The zero-order chi connectivity index (χ0) is 18.9. The minimum absolute atomic E-state index is 0.0943. The number of alkyl halides is 3. The maximum absolute atomic E-state index is 13.1. The van der Waals surface area contributed by atoms with Gasteiger partial charge in [0.15, 0.2) is 0 Å². The Hall–Kier alpha value is -2.57. The van der Waals surface area contributed by atoms with Crippen LogP contribution >= 0.6 is 0 Å². The number of hydrogen-bond donors (Lipinski definition) is 2. The zero-order valence-electron chi connectivity index (χ0n) is 14.3. The van der Waals surface area contributed by atoms with E-state index in [4.69, 9.17) is 0 Å². The monoisotopic (exact) mass is 364 g/mol. The molecule has 1 aromatic carbocycles. The molecule has 0 atom stereocenters. The van der Waals surface area contributed by atoms with Crippen LogP contribution in [-0.2, 0) is 25.6 Å². The van der Waals surface area contributed by atoms with Gasteiger partial charge in [-0.2, -0.15) is 13.2 Å². The molecule has 0 saturated carbocycles. The largest absolute Gasteiger partial charge is 0.417 e. The number of amides is 1. The minimum atomic E-state index is -4.62. The SMILES string of the molecule is Cc1[nH]c(=O)c(CNC(=O)c2ccccc2C(F)(F)F)c2c1CCCC2. The van der Waals surface area contributed by atoms with Crippen LogP contribution in [0.2, 0.25) is 0 Å². The molecule has 0 unspecified atom stereocenters. The quantitative estimate of drug-likeness (QED) is 0.876. The highest BCUT2D eigenvalue weighted by atomic mass is 19.4. The van der Waals surface area contributed by atoms with Gasteiger partial charge in [0, 0.05) is 17.8 Å². The van der Waals surface area contributed by atoms with E-state index in [0.29, 0.717) is 5.56 Å². The Morgan fingerprint density at radius 3 is 2.50 bits per heavy atom. The molecule has 0 fully saturated rings. The number of halogens is 3. The summed E-state index contributed by atoms with van der Waals surface area (Å²) in [5.41, 5.74) is 1.52. The van der Waals surface area contributed by atoms with Crippen LogP contribution in [0.5, 0.6) is 0 Å². The fraction of sp³-hybridized carbons (Fsp3) is 0.368. The van der Waals surface area contributed by atoms with Crippen LogP contribution in [-0.4, -0.2) is 10.9 Å². The lowest BCUT2D eigenvalue weighted by molar-refractivity contribution is -0.137. The van der Waals surface area contributed by atoms with Crippen LogP contribution in [0.15, 0.2) is 29.1 Å².